The van der Waals surface area contributed by atoms with Crippen LogP contribution in [0.1, 0.15) is 49.7 Å². The molecular weight excluding hydrogens is 450 g/mol. The van der Waals surface area contributed by atoms with E-state index in [1.54, 1.807) is 11.8 Å². The van der Waals surface area contributed by atoms with E-state index in [2.05, 4.69) is 31.3 Å². The fourth-order valence-corrected chi connectivity index (χ4v) is 5.71. The van der Waals surface area contributed by atoms with Crippen molar-refractivity contribution in [1.82, 2.24) is 25.1 Å². The van der Waals surface area contributed by atoms with Crippen LogP contribution in [-0.4, -0.2) is 38.5 Å². The molecular formula is C22H26ClN5OS2. The molecule has 2 heterocycles. The molecule has 1 N–H and O–H groups in total. The molecule has 1 saturated carbocycles. The predicted molar refractivity (Wildman–Crippen MR) is 127 cm³/mol. The van der Waals surface area contributed by atoms with Crippen LogP contribution in [-0.2, 0) is 17.6 Å². The van der Waals surface area contributed by atoms with E-state index in [4.69, 9.17) is 11.6 Å². The van der Waals surface area contributed by atoms with Crippen LogP contribution in [0.2, 0.25) is 5.02 Å². The second-order valence-electron chi connectivity index (χ2n) is 7.67. The molecule has 0 aliphatic heterocycles. The smallest absolute Gasteiger partial charge is 0.226 e. The summed E-state index contributed by atoms with van der Waals surface area (Å²) in [5, 5.41) is 16.2. The molecule has 0 unspecified atom stereocenters. The molecule has 0 saturated heterocycles. The van der Waals surface area contributed by atoms with Gasteiger partial charge in [-0.25, -0.2) is 4.98 Å². The molecule has 31 heavy (non-hydrogen) atoms. The minimum Gasteiger partial charge on any atom is -0.356 e. The zero-order valence-corrected chi connectivity index (χ0v) is 19.9. The van der Waals surface area contributed by atoms with Crippen molar-refractivity contribution in [1.29, 1.82) is 0 Å². The normalized spacial score (nSPS) is 14.3. The molecule has 9 heteroatoms. The van der Waals surface area contributed by atoms with Gasteiger partial charge < -0.3 is 9.88 Å². The van der Waals surface area contributed by atoms with Crippen molar-refractivity contribution < 1.29 is 4.79 Å². The number of rotatable bonds is 9. The van der Waals surface area contributed by atoms with Gasteiger partial charge in [0.15, 0.2) is 5.16 Å². The first kappa shape index (κ1) is 22.3. The predicted octanol–water partition coefficient (Wildman–Crippen LogP) is 5.18. The molecule has 0 spiro atoms. The van der Waals surface area contributed by atoms with E-state index in [-0.39, 0.29) is 12.3 Å². The highest BCUT2D eigenvalue weighted by molar-refractivity contribution is 7.98. The number of thioether (sulfide) groups is 1. The standard InChI is InChI=1S/C22H26ClN5OS2/c1-30-22-27-26-19(28(22)16-7-2-3-8-16)11-6-12-24-20(29)13-15-14-31-21(25-15)17-9-4-5-10-18(17)23/h4-5,9-10,14,16H,2-3,6-8,11-13H2,1H3,(H,24,29). The molecule has 0 radical (unpaired) electrons. The number of hydrogen-bond donors (Lipinski definition) is 1. The van der Waals surface area contributed by atoms with Crippen molar-refractivity contribution in [3.8, 4) is 10.6 Å². The van der Waals surface area contributed by atoms with Gasteiger partial charge in [0.2, 0.25) is 5.91 Å². The Morgan fingerprint density at radius 2 is 2.10 bits per heavy atom. The van der Waals surface area contributed by atoms with Crippen molar-refractivity contribution in [2.45, 2.75) is 56.1 Å². The van der Waals surface area contributed by atoms with Gasteiger partial charge in [-0.05, 0) is 31.6 Å². The minimum atomic E-state index is -0.0157. The van der Waals surface area contributed by atoms with Gasteiger partial charge in [-0.2, -0.15) is 0 Å². The highest BCUT2D eigenvalue weighted by Gasteiger charge is 2.23. The molecule has 1 amide bonds. The Bertz CT molecular complexity index is 1030. The van der Waals surface area contributed by atoms with Crippen LogP contribution >= 0.6 is 34.7 Å². The quantitative estimate of drug-likeness (QED) is 0.341. The first-order chi connectivity index (χ1) is 15.2. The largest absolute Gasteiger partial charge is 0.356 e. The van der Waals surface area contributed by atoms with Crippen LogP contribution < -0.4 is 5.32 Å². The number of hydrogen-bond acceptors (Lipinski definition) is 6. The first-order valence-electron chi connectivity index (χ1n) is 10.6. The van der Waals surface area contributed by atoms with Crippen LogP contribution in [0.5, 0.6) is 0 Å². The average molecular weight is 476 g/mol. The molecule has 1 aliphatic rings. The van der Waals surface area contributed by atoms with Crippen molar-refractivity contribution >= 4 is 40.6 Å². The molecule has 164 valence electrons. The Hall–Kier alpha value is -1.90. The van der Waals surface area contributed by atoms with Gasteiger partial charge in [0.1, 0.15) is 10.8 Å². The van der Waals surface area contributed by atoms with Crippen LogP contribution in [0, 0.1) is 0 Å². The summed E-state index contributed by atoms with van der Waals surface area (Å²) in [5.41, 5.74) is 1.67. The summed E-state index contributed by atoms with van der Waals surface area (Å²) < 4.78 is 2.32. The third-order valence-electron chi connectivity index (χ3n) is 5.50. The third kappa shape index (κ3) is 5.48. The zero-order valence-electron chi connectivity index (χ0n) is 17.5. The molecule has 0 atom stereocenters. The number of nitrogens with zero attached hydrogens (tertiary/aromatic N) is 4. The van der Waals surface area contributed by atoms with Crippen molar-refractivity contribution in [3.63, 3.8) is 0 Å². The average Bonchev–Trinajstić information content (AvgIpc) is 3.52. The van der Waals surface area contributed by atoms with Crippen LogP contribution in [0.4, 0.5) is 0 Å². The number of aryl methyl sites for hydroxylation is 1. The fraction of sp³-hybridized carbons (Fsp3) is 0.455. The van der Waals surface area contributed by atoms with E-state index in [0.717, 1.165) is 40.1 Å². The summed E-state index contributed by atoms with van der Waals surface area (Å²) in [6, 6.07) is 8.15. The summed E-state index contributed by atoms with van der Waals surface area (Å²) in [6.45, 7) is 0.618. The Kier molecular flexibility index (Phi) is 7.63. The zero-order chi connectivity index (χ0) is 21.6. The lowest BCUT2D eigenvalue weighted by Crippen LogP contribution is -2.26. The maximum atomic E-state index is 12.4. The van der Waals surface area contributed by atoms with E-state index >= 15 is 0 Å². The number of benzene rings is 1. The van der Waals surface area contributed by atoms with Crippen molar-refractivity contribution in [2.24, 2.45) is 0 Å². The molecule has 1 aromatic carbocycles. The molecule has 1 aliphatic carbocycles. The Labute approximate surface area is 195 Å². The van der Waals surface area contributed by atoms with E-state index in [9.17, 15) is 4.79 Å². The highest BCUT2D eigenvalue weighted by atomic mass is 35.5. The molecule has 3 aromatic rings. The van der Waals surface area contributed by atoms with Crippen LogP contribution in [0.3, 0.4) is 0 Å². The Morgan fingerprint density at radius 3 is 2.87 bits per heavy atom. The summed E-state index contributed by atoms with van der Waals surface area (Å²) in [5.74, 6) is 1.02. The van der Waals surface area contributed by atoms with Gasteiger partial charge in [0, 0.05) is 30.0 Å². The first-order valence-corrected chi connectivity index (χ1v) is 13.1. The van der Waals surface area contributed by atoms with Gasteiger partial charge in [-0.15, -0.1) is 21.5 Å². The van der Waals surface area contributed by atoms with E-state index in [1.807, 2.05) is 29.6 Å². The lowest BCUT2D eigenvalue weighted by Gasteiger charge is -2.16. The van der Waals surface area contributed by atoms with Gasteiger partial charge in [0.05, 0.1) is 17.1 Å². The molecule has 6 nitrogen and oxygen atoms in total. The van der Waals surface area contributed by atoms with Crippen LogP contribution in [0.25, 0.3) is 10.6 Å². The van der Waals surface area contributed by atoms with E-state index < -0.39 is 0 Å². The highest BCUT2D eigenvalue weighted by Crippen LogP contribution is 2.33. The number of thiazole rings is 1. The molecule has 1 fully saturated rings. The molecule has 0 bridgehead atoms. The summed E-state index contributed by atoms with van der Waals surface area (Å²) in [4.78, 5) is 16.9. The SMILES string of the molecule is CSc1nnc(CCCNC(=O)Cc2csc(-c3ccccc3Cl)n2)n1C1CCCC1. The minimum absolute atomic E-state index is 0.0157. The summed E-state index contributed by atoms with van der Waals surface area (Å²) >= 11 is 9.41. The summed E-state index contributed by atoms with van der Waals surface area (Å²) in [7, 11) is 0. The van der Waals surface area contributed by atoms with Gasteiger partial charge in [-0.1, -0.05) is 54.4 Å². The van der Waals surface area contributed by atoms with Crippen molar-refractivity contribution in [3.05, 3.63) is 46.2 Å². The lowest BCUT2D eigenvalue weighted by atomic mass is 10.2. The maximum absolute atomic E-state index is 12.4. The second kappa shape index (κ2) is 10.6. The molecule has 2 aromatic heterocycles. The number of carbonyl (C=O) groups excluding carboxylic acids is 1. The monoisotopic (exact) mass is 475 g/mol. The van der Waals surface area contributed by atoms with E-state index in [0.29, 0.717) is 17.6 Å². The topological polar surface area (TPSA) is 72.7 Å². The van der Waals surface area contributed by atoms with Gasteiger partial charge in [0.25, 0.3) is 0 Å². The lowest BCUT2D eigenvalue weighted by molar-refractivity contribution is -0.120. The molecule has 4 rings (SSSR count). The number of halogens is 1. The third-order valence-corrected chi connectivity index (χ3v) is 7.40. The number of carbonyl (C=O) groups is 1. The number of nitrogens with one attached hydrogen (secondary N) is 1. The second-order valence-corrected chi connectivity index (χ2v) is 9.70. The maximum Gasteiger partial charge on any atom is 0.226 e. The van der Waals surface area contributed by atoms with E-state index in [1.165, 1.54) is 37.0 Å². The fourth-order valence-electron chi connectivity index (χ4n) is 3.99. The Morgan fingerprint density at radius 1 is 1.29 bits per heavy atom. The van der Waals surface area contributed by atoms with Gasteiger partial charge >= 0.3 is 0 Å². The van der Waals surface area contributed by atoms with Crippen molar-refractivity contribution in [2.75, 3.05) is 12.8 Å². The number of amides is 1. The number of aromatic nitrogens is 4. The Balaban J connectivity index is 1.26. The van der Waals surface area contributed by atoms with Gasteiger partial charge in [-0.3, -0.25) is 4.79 Å². The summed E-state index contributed by atoms with van der Waals surface area (Å²) in [6.07, 6.45) is 8.95. The van der Waals surface area contributed by atoms with Crippen LogP contribution in [0.15, 0.2) is 34.8 Å².